The lowest BCUT2D eigenvalue weighted by Crippen LogP contribution is -2.47. The molecule has 0 aliphatic carbocycles. The molecule has 0 radical (unpaired) electrons. The average molecular weight is 276 g/mol. The van der Waals surface area contributed by atoms with Crippen molar-refractivity contribution in [1.82, 2.24) is 10.2 Å². The quantitative estimate of drug-likeness (QED) is 0.862. The van der Waals surface area contributed by atoms with E-state index in [0.717, 1.165) is 39.4 Å². The molecule has 1 atom stereocenters. The highest BCUT2D eigenvalue weighted by molar-refractivity contribution is 5.23. The van der Waals surface area contributed by atoms with Crippen molar-refractivity contribution >= 4 is 0 Å². The summed E-state index contributed by atoms with van der Waals surface area (Å²) in [6, 6.07) is 11.3. The Morgan fingerprint density at radius 3 is 2.50 bits per heavy atom. The fourth-order valence-electron chi connectivity index (χ4n) is 2.66. The smallest absolute Gasteiger partial charge is 0.0594 e. The highest BCUT2D eigenvalue weighted by Crippen LogP contribution is 2.21. The Hall–Kier alpha value is -0.900. The van der Waals surface area contributed by atoms with Crippen LogP contribution < -0.4 is 5.32 Å². The van der Waals surface area contributed by atoms with E-state index >= 15 is 0 Å². The van der Waals surface area contributed by atoms with E-state index < -0.39 is 0 Å². The highest BCUT2D eigenvalue weighted by Gasteiger charge is 2.21. The summed E-state index contributed by atoms with van der Waals surface area (Å²) in [6.45, 7) is 12.9. The first kappa shape index (κ1) is 15.5. The Balaban J connectivity index is 1.78. The van der Waals surface area contributed by atoms with E-state index in [9.17, 15) is 0 Å². The molecule has 1 N–H and O–H groups in total. The molecular formula is C17H28N2O. The second-order valence-electron chi connectivity index (χ2n) is 6.44. The molecule has 1 fully saturated rings. The van der Waals surface area contributed by atoms with Gasteiger partial charge in [0.05, 0.1) is 13.2 Å². The standard InChI is InChI=1S/C17H28N2O/c1-15(13-19-9-11-20-12-10-19)18-14-17(2,3)16-7-5-4-6-8-16/h4-8,15,18H,9-14H2,1-3H3. The minimum Gasteiger partial charge on any atom is -0.379 e. The van der Waals surface area contributed by atoms with Gasteiger partial charge in [0.2, 0.25) is 0 Å². The molecule has 1 unspecified atom stereocenters. The van der Waals surface area contributed by atoms with E-state index in [-0.39, 0.29) is 5.41 Å². The monoisotopic (exact) mass is 276 g/mol. The van der Waals surface area contributed by atoms with Crippen LogP contribution in [0.2, 0.25) is 0 Å². The van der Waals surface area contributed by atoms with Crippen LogP contribution in [0, 0.1) is 0 Å². The van der Waals surface area contributed by atoms with E-state index in [0.29, 0.717) is 6.04 Å². The average Bonchev–Trinajstić information content (AvgIpc) is 2.47. The minimum absolute atomic E-state index is 0.167. The van der Waals surface area contributed by atoms with Crippen molar-refractivity contribution in [2.45, 2.75) is 32.2 Å². The fourth-order valence-corrected chi connectivity index (χ4v) is 2.66. The van der Waals surface area contributed by atoms with Gasteiger partial charge in [-0.15, -0.1) is 0 Å². The summed E-state index contributed by atoms with van der Waals surface area (Å²) < 4.78 is 5.39. The van der Waals surface area contributed by atoms with Gasteiger partial charge in [-0.2, -0.15) is 0 Å². The van der Waals surface area contributed by atoms with E-state index in [4.69, 9.17) is 4.74 Å². The molecule has 1 aliphatic heterocycles. The summed E-state index contributed by atoms with van der Waals surface area (Å²) >= 11 is 0. The molecule has 20 heavy (non-hydrogen) atoms. The van der Waals surface area contributed by atoms with Gasteiger partial charge in [-0.3, -0.25) is 4.90 Å². The highest BCUT2D eigenvalue weighted by atomic mass is 16.5. The van der Waals surface area contributed by atoms with Crippen molar-refractivity contribution in [3.8, 4) is 0 Å². The summed E-state index contributed by atoms with van der Waals surface area (Å²) in [6.07, 6.45) is 0. The third kappa shape index (κ3) is 4.58. The largest absolute Gasteiger partial charge is 0.379 e. The molecule has 0 spiro atoms. The molecule has 0 amide bonds. The Morgan fingerprint density at radius 2 is 1.85 bits per heavy atom. The second-order valence-corrected chi connectivity index (χ2v) is 6.44. The van der Waals surface area contributed by atoms with E-state index in [1.54, 1.807) is 0 Å². The van der Waals surface area contributed by atoms with Crippen molar-refractivity contribution in [2.75, 3.05) is 39.4 Å². The van der Waals surface area contributed by atoms with Gasteiger partial charge in [-0.1, -0.05) is 44.2 Å². The zero-order valence-electron chi connectivity index (χ0n) is 13.1. The first-order valence-corrected chi connectivity index (χ1v) is 7.67. The number of nitrogens with zero attached hydrogens (tertiary/aromatic N) is 1. The van der Waals surface area contributed by atoms with Crippen LogP contribution in [0.4, 0.5) is 0 Å². The molecule has 3 nitrogen and oxygen atoms in total. The summed E-state index contributed by atoms with van der Waals surface area (Å²) in [5.41, 5.74) is 1.56. The predicted octanol–water partition coefficient (Wildman–Crippen LogP) is 2.27. The van der Waals surface area contributed by atoms with Crippen LogP contribution in [0.25, 0.3) is 0 Å². The molecule has 1 aromatic rings. The van der Waals surface area contributed by atoms with Crippen LogP contribution >= 0.6 is 0 Å². The lowest BCUT2D eigenvalue weighted by molar-refractivity contribution is 0.0342. The van der Waals surface area contributed by atoms with Crippen LogP contribution in [0.5, 0.6) is 0 Å². The Labute approximate surface area is 123 Å². The van der Waals surface area contributed by atoms with Gasteiger partial charge in [0.1, 0.15) is 0 Å². The van der Waals surface area contributed by atoms with Gasteiger partial charge >= 0.3 is 0 Å². The van der Waals surface area contributed by atoms with E-state index in [1.807, 2.05) is 0 Å². The molecule has 1 aromatic carbocycles. The first-order chi connectivity index (χ1) is 9.58. The van der Waals surface area contributed by atoms with Crippen LogP contribution in [-0.4, -0.2) is 50.3 Å². The molecule has 0 bridgehead atoms. The van der Waals surface area contributed by atoms with Gasteiger partial charge in [0.15, 0.2) is 0 Å². The lowest BCUT2D eigenvalue weighted by atomic mass is 9.84. The molecule has 2 rings (SSSR count). The van der Waals surface area contributed by atoms with Crippen molar-refractivity contribution < 1.29 is 4.74 Å². The maximum atomic E-state index is 5.39. The maximum absolute atomic E-state index is 5.39. The number of hydrogen-bond donors (Lipinski definition) is 1. The normalized spacial score (nSPS) is 18.9. The summed E-state index contributed by atoms with van der Waals surface area (Å²) in [5, 5.41) is 3.69. The molecule has 3 heteroatoms. The van der Waals surface area contributed by atoms with Crippen LogP contribution in [0.1, 0.15) is 26.3 Å². The van der Waals surface area contributed by atoms with Crippen LogP contribution in [0.3, 0.4) is 0 Å². The molecule has 112 valence electrons. The lowest BCUT2D eigenvalue weighted by Gasteiger charge is -2.32. The maximum Gasteiger partial charge on any atom is 0.0594 e. The van der Waals surface area contributed by atoms with Gasteiger partial charge < -0.3 is 10.1 Å². The third-order valence-corrected chi connectivity index (χ3v) is 4.08. The van der Waals surface area contributed by atoms with Crippen molar-refractivity contribution in [2.24, 2.45) is 0 Å². The number of ether oxygens (including phenoxy) is 1. The number of benzene rings is 1. The number of nitrogens with one attached hydrogen (secondary N) is 1. The third-order valence-electron chi connectivity index (χ3n) is 4.08. The molecule has 0 aromatic heterocycles. The van der Waals surface area contributed by atoms with E-state index in [2.05, 4.69) is 61.3 Å². The zero-order valence-corrected chi connectivity index (χ0v) is 13.1. The molecular weight excluding hydrogens is 248 g/mol. The SMILES string of the molecule is CC(CN1CCOCC1)NCC(C)(C)c1ccccc1. The first-order valence-electron chi connectivity index (χ1n) is 7.67. The summed E-state index contributed by atoms with van der Waals surface area (Å²) in [7, 11) is 0. The van der Waals surface area contributed by atoms with Gasteiger partial charge in [0, 0.05) is 37.6 Å². The van der Waals surface area contributed by atoms with Crippen molar-refractivity contribution in [1.29, 1.82) is 0 Å². The predicted molar refractivity (Wildman–Crippen MR) is 84.2 cm³/mol. The van der Waals surface area contributed by atoms with Crippen LogP contribution in [-0.2, 0) is 10.2 Å². The zero-order chi connectivity index (χ0) is 14.4. The summed E-state index contributed by atoms with van der Waals surface area (Å²) in [5.74, 6) is 0. The number of morpholine rings is 1. The number of hydrogen-bond acceptors (Lipinski definition) is 3. The number of rotatable bonds is 6. The fraction of sp³-hybridized carbons (Fsp3) is 0.647. The van der Waals surface area contributed by atoms with Gasteiger partial charge in [-0.05, 0) is 12.5 Å². The molecule has 1 saturated heterocycles. The van der Waals surface area contributed by atoms with E-state index in [1.165, 1.54) is 5.56 Å². The van der Waals surface area contributed by atoms with Crippen molar-refractivity contribution in [3.63, 3.8) is 0 Å². The Kier molecular flexibility index (Phi) is 5.58. The Morgan fingerprint density at radius 1 is 1.20 bits per heavy atom. The van der Waals surface area contributed by atoms with Gasteiger partial charge in [-0.25, -0.2) is 0 Å². The molecule has 1 heterocycles. The Bertz CT molecular complexity index is 385. The van der Waals surface area contributed by atoms with Crippen molar-refractivity contribution in [3.05, 3.63) is 35.9 Å². The van der Waals surface area contributed by atoms with Crippen LogP contribution in [0.15, 0.2) is 30.3 Å². The molecule has 0 saturated carbocycles. The van der Waals surface area contributed by atoms with Gasteiger partial charge in [0.25, 0.3) is 0 Å². The second kappa shape index (κ2) is 7.21. The molecule has 1 aliphatic rings. The minimum atomic E-state index is 0.167. The topological polar surface area (TPSA) is 24.5 Å². The summed E-state index contributed by atoms with van der Waals surface area (Å²) in [4.78, 5) is 2.48.